The normalized spacial score (nSPS) is 10.2. The number of halogens is 1. The molecule has 1 amide bonds. The monoisotopic (exact) mass is 363 g/mol. The van der Waals surface area contributed by atoms with Crippen molar-refractivity contribution < 1.29 is 4.79 Å². The lowest BCUT2D eigenvalue weighted by Gasteiger charge is -2.11. The standard InChI is InChI=1S/C11H14IN3OS/c1-6(2)10(16)15-11(17)14-9-5-4-8(12)7(3)13-9/h4-6H,1-3H3,(H2,13,14,15,16,17). The summed E-state index contributed by atoms with van der Waals surface area (Å²) in [6, 6.07) is 3.76. The Morgan fingerprint density at radius 2 is 2.12 bits per heavy atom. The van der Waals surface area contributed by atoms with E-state index in [1.54, 1.807) is 0 Å². The van der Waals surface area contributed by atoms with E-state index in [2.05, 4.69) is 38.2 Å². The molecule has 4 nitrogen and oxygen atoms in total. The summed E-state index contributed by atoms with van der Waals surface area (Å²) < 4.78 is 1.09. The van der Waals surface area contributed by atoms with Gasteiger partial charge in [0.25, 0.3) is 0 Å². The van der Waals surface area contributed by atoms with E-state index in [0.717, 1.165) is 9.26 Å². The van der Waals surface area contributed by atoms with Crippen LogP contribution in [-0.2, 0) is 4.79 Å². The van der Waals surface area contributed by atoms with Crippen molar-refractivity contribution in [2.75, 3.05) is 5.32 Å². The smallest absolute Gasteiger partial charge is 0.228 e. The molecule has 1 heterocycles. The quantitative estimate of drug-likeness (QED) is 0.626. The number of pyridine rings is 1. The molecule has 0 aliphatic carbocycles. The number of carbonyl (C=O) groups is 1. The van der Waals surface area contributed by atoms with Crippen molar-refractivity contribution in [3.05, 3.63) is 21.4 Å². The number of hydrogen-bond acceptors (Lipinski definition) is 3. The first-order chi connectivity index (χ1) is 7.90. The van der Waals surface area contributed by atoms with E-state index >= 15 is 0 Å². The van der Waals surface area contributed by atoms with Crippen molar-refractivity contribution in [2.45, 2.75) is 20.8 Å². The Morgan fingerprint density at radius 3 is 2.65 bits per heavy atom. The summed E-state index contributed by atoms with van der Waals surface area (Å²) in [5.74, 6) is 0.433. The molecule has 0 unspecified atom stereocenters. The van der Waals surface area contributed by atoms with E-state index in [1.165, 1.54) is 0 Å². The average molecular weight is 363 g/mol. The molecule has 0 saturated heterocycles. The molecule has 6 heteroatoms. The minimum Gasteiger partial charge on any atom is -0.317 e. The molecule has 0 atom stereocenters. The summed E-state index contributed by atoms with van der Waals surface area (Å²) >= 11 is 7.23. The van der Waals surface area contributed by atoms with Crippen LogP contribution in [0.5, 0.6) is 0 Å². The number of carbonyl (C=O) groups excluding carboxylic acids is 1. The second kappa shape index (κ2) is 6.25. The van der Waals surface area contributed by atoms with Crippen LogP contribution in [0, 0.1) is 16.4 Å². The van der Waals surface area contributed by atoms with Crippen LogP contribution in [0.1, 0.15) is 19.5 Å². The highest BCUT2D eigenvalue weighted by atomic mass is 127. The predicted octanol–water partition coefficient (Wildman–Crippen LogP) is 2.46. The SMILES string of the molecule is Cc1nc(NC(=S)NC(=O)C(C)C)ccc1I. The van der Waals surface area contributed by atoms with Crippen molar-refractivity contribution >= 4 is 51.6 Å². The van der Waals surface area contributed by atoms with Gasteiger partial charge >= 0.3 is 0 Å². The molecule has 17 heavy (non-hydrogen) atoms. The Labute approximate surface area is 120 Å². The first-order valence-corrected chi connectivity index (χ1v) is 6.64. The molecule has 0 fully saturated rings. The Balaban J connectivity index is 2.62. The number of aromatic nitrogens is 1. The van der Waals surface area contributed by atoms with Gasteiger partial charge < -0.3 is 10.6 Å². The van der Waals surface area contributed by atoms with Gasteiger partial charge in [-0.15, -0.1) is 0 Å². The summed E-state index contributed by atoms with van der Waals surface area (Å²) in [7, 11) is 0. The molecule has 1 aromatic heterocycles. The van der Waals surface area contributed by atoms with Gasteiger partial charge in [-0.2, -0.15) is 0 Å². The number of thiocarbonyl (C=S) groups is 1. The number of aryl methyl sites for hydroxylation is 1. The maximum absolute atomic E-state index is 11.4. The van der Waals surface area contributed by atoms with Gasteiger partial charge in [0.2, 0.25) is 5.91 Å². The zero-order valence-electron chi connectivity index (χ0n) is 9.87. The van der Waals surface area contributed by atoms with E-state index in [0.29, 0.717) is 5.82 Å². The van der Waals surface area contributed by atoms with Crippen molar-refractivity contribution in [3.63, 3.8) is 0 Å². The summed E-state index contributed by atoms with van der Waals surface area (Å²) in [6.45, 7) is 5.54. The minimum absolute atomic E-state index is 0.0961. The number of hydrogen-bond donors (Lipinski definition) is 2. The van der Waals surface area contributed by atoms with Crippen molar-refractivity contribution in [3.8, 4) is 0 Å². The highest BCUT2D eigenvalue weighted by Crippen LogP contribution is 2.12. The van der Waals surface area contributed by atoms with Crippen LogP contribution in [0.15, 0.2) is 12.1 Å². The second-order valence-corrected chi connectivity index (χ2v) is 5.43. The number of rotatable bonds is 2. The fourth-order valence-electron chi connectivity index (χ4n) is 1.02. The average Bonchev–Trinajstić information content (AvgIpc) is 2.23. The number of amides is 1. The third-order valence-corrected chi connectivity index (χ3v) is 3.37. The van der Waals surface area contributed by atoms with Crippen LogP contribution < -0.4 is 10.6 Å². The molecule has 1 rings (SSSR count). The van der Waals surface area contributed by atoms with Crippen LogP contribution in [0.2, 0.25) is 0 Å². The second-order valence-electron chi connectivity index (χ2n) is 3.86. The first kappa shape index (κ1) is 14.3. The lowest BCUT2D eigenvalue weighted by atomic mass is 10.2. The number of anilines is 1. The van der Waals surface area contributed by atoms with Crippen molar-refractivity contribution in [1.29, 1.82) is 0 Å². The Hall–Kier alpha value is -0.760. The van der Waals surface area contributed by atoms with Gasteiger partial charge in [0.15, 0.2) is 5.11 Å². The highest BCUT2D eigenvalue weighted by molar-refractivity contribution is 14.1. The van der Waals surface area contributed by atoms with E-state index < -0.39 is 0 Å². The summed E-state index contributed by atoms with van der Waals surface area (Å²) in [4.78, 5) is 15.7. The molecule has 1 aromatic rings. The molecule has 0 spiro atoms. The third-order valence-electron chi connectivity index (χ3n) is 2.02. The number of nitrogens with one attached hydrogen (secondary N) is 2. The summed E-state index contributed by atoms with van der Waals surface area (Å²) in [5, 5.41) is 5.76. The Morgan fingerprint density at radius 1 is 1.47 bits per heavy atom. The molecular weight excluding hydrogens is 349 g/mol. The molecule has 0 aliphatic rings. The van der Waals surface area contributed by atoms with Gasteiger partial charge in [-0.05, 0) is 53.9 Å². The molecule has 0 saturated carbocycles. The van der Waals surface area contributed by atoms with Gasteiger partial charge in [0.05, 0.1) is 5.69 Å². The molecule has 0 aliphatic heterocycles. The van der Waals surface area contributed by atoms with Crippen LogP contribution in [0.25, 0.3) is 0 Å². The maximum Gasteiger partial charge on any atom is 0.228 e. The first-order valence-electron chi connectivity index (χ1n) is 5.15. The van der Waals surface area contributed by atoms with Crippen LogP contribution in [-0.4, -0.2) is 16.0 Å². The molecule has 0 aromatic carbocycles. The predicted molar refractivity (Wildman–Crippen MR) is 80.9 cm³/mol. The molecule has 0 bridgehead atoms. The van der Waals surface area contributed by atoms with Gasteiger partial charge in [-0.25, -0.2) is 4.98 Å². The topological polar surface area (TPSA) is 54.0 Å². The van der Waals surface area contributed by atoms with Crippen LogP contribution in [0.3, 0.4) is 0 Å². The van der Waals surface area contributed by atoms with Crippen molar-refractivity contribution in [2.24, 2.45) is 5.92 Å². The third kappa shape index (κ3) is 4.55. The lowest BCUT2D eigenvalue weighted by Crippen LogP contribution is -2.36. The Kier molecular flexibility index (Phi) is 5.26. The molecule has 2 N–H and O–H groups in total. The van der Waals surface area contributed by atoms with E-state index in [1.807, 2.05) is 32.9 Å². The highest BCUT2D eigenvalue weighted by Gasteiger charge is 2.09. The van der Waals surface area contributed by atoms with Crippen LogP contribution >= 0.6 is 34.8 Å². The van der Waals surface area contributed by atoms with Gasteiger partial charge in [-0.3, -0.25) is 4.79 Å². The van der Waals surface area contributed by atoms with Gasteiger partial charge in [0, 0.05) is 9.49 Å². The maximum atomic E-state index is 11.4. The lowest BCUT2D eigenvalue weighted by molar-refractivity contribution is -0.122. The Bertz CT molecular complexity index is 448. The van der Waals surface area contributed by atoms with E-state index in [-0.39, 0.29) is 16.9 Å². The zero-order valence-corrected chi connectivity index (χ0v) is 12.8. The molecule has 0 radical (unpaired) electrons. The van der Waals surface area contributed by atoms with Crippen LogP contribution in [0.4, 0.5) is 5.82 Å². The zero-order chi connectivity index (χ0) is 13.0. The fraction of sp³-hybridized carbons (Fsp3) is 0.364. The van der Waals surface area contributed by atoms with Crippen molar-refractivity contribution in [1.82, 2.24) is 10.3 Å². The number of nitrogens with zero attached hydrogens (tertiary/aromatic N) is 1. The molecule has 92 valence electrons. The van der Waals surface area contributed by atoms with E-state index in [9.17, 15) is 4.79 Å². The summed E-state index contributed by atoms with van der Waals surface area (Å²) in [5.41, 5.74) is 0.925. The fourth-order valence-corrected chi connectivity index (χ4v) is 1.52. The van der Waals surface area contributed by atoms with E-state index in [4.69, 9.17) is 12.2 Å². The van der Waals surface area contributed by atoms with Gasteiger partial charge in [0.1, 0.15) is 5.82 Å². The van der Waals surface area contributed by atoms with Gasteiger partial charge in [-0.1, -0.05) is 13.8 Å². The molecular formula is C11H14IN3OS. The summed E-state index contributed by atoms with van der Waals surface area (Å²) in [6.07, 6.45) is 0. The largest absolute Gasteiger partial charge is 0.317 e. The minimum atomic E-state index is -0.107.